The van der Waals surface area contributed by atoms with Gasteiger partial charge in [-0.25, -0.2) is 0 Å². The summed E-state index contributed by atoms with van der Waals surface area (Å²) in [6.07, 6.45) is 0. The van der Waals surface area contributed by atoms with E-state index in [4.69, 9.17) is 10.2 Å². The minimum atomic E-state index is 1.00. The molecular formula is C11H13NOS. The summed E-state index contributed by atoms with van der Waals surface area (Å²) in [6, 6.07) is 14.5. The van der Waals surface area contributed by atoms with Crippen molar-refractivity contribution >= 4 is 22.7 Å². The summed E-state index contributed by atoms with van der Waals surface area (Å²) >= 11 is 1.28. The molecule has 2 aromatic carbocycles. The number of nitrogens with two attached hydrogens (primary N) is 1. The van der Waals surface area contributed by atoms with Crippen LogP contribution >= 0.6 is 11.9 Å². The van der Waals surface area contributed by atoms with Gasteiger partial charge in [0.1, 0.15) is 0 Å². The Hall–Kier alpha value is -1.03. The van der Waals surface area contributed by atoms with Gasteiger partial charge in [-0.3, -0.25) is 5.14 Å². The lowest BCUT2D eigenvalue weighted by atomic mass is 10.1. The summed E-state index contributed by atoms with van der Waals surface area (Å²) in [5, 5.41) is 15.0. The predicted molar refractivity (Wildman–Crippen MR) is 62.1 cm³/mol. The highest BCUT2D eigenvalue weighted by atomic mass is 32.2. The normalized spacial score (nSPS) is 9.36. The zero-order valence-corrected chi connectivity index (χ0v) is 8.79. The number of aliphatic hydroxyl groups excluding tert-OH is 1. The fourth-order valence-corrected chi connectivity index (χ4v) is 1.58. The first-order valence-electron chi connectivity index (χ1n) is 4.20. The molecule has 0 bridgehead atoms. The number of benzene rings is 2. The summed E-state index contributed by atoms with van der Waals surface area (Å²) < 4.78 is 0. The largest absolute Gasteiger partial charge is 0.400 e. The van der Waals surface area contributed by atoms with Gasteiger partial charge in [0.05, 0.1) is 0 Å². The molecule has 2 aromatic rings. The molecule has 14 heavy (non-hydrogen) atoms. The van der Waals surface area contributed by atoms with Crippen molar-refractivity contribution in [3.8, 4) is 0 Å². The van der Waals surface area contributed by atoms with Gasteiger partial charge in [0.15, 0.2) is 0 Å². The van der Waals surface area contributed by atoms with E-state index in [1.54, 1.807) is 0 Å². The quantitative estimate of drug-likeness (QED) is 0.706. The maximum Gasteiger partial charge on any atom is 0.0319 e. The smallest absolute Gasteiger partial charge is 0.0319 e. The van der Waals surface area contributed by atoms with E-state index in [0.717, 1.165) is 12.0 Å². The minimum Gasteiger partial charge on any atom is -0.400 e. The second-order valence-corrected chi connectivity index (χ2v) is 3.33. The molecule has 0 aliphatic heterocycles. The van der Waals surface area contributed by atoms with E-state index in [9.17, 15) is 0 Å². The van der Waals surface area contributed by atoms with Gasteiger partial charge in [0, 0.05) is 12.0 Å². The van der Waals surface area contributed by atoms with Crippen molar-refractivity contribution in [2.45, 2.75) is 4.90 Å². The molecule has 0 aliphatic rings. The van der Waals surface area contributed by atoms with Crippen LogP contribution in [0.4, 0.5) is 0 Å². The maximum absolute atomic E-state index is 7.00. The minimum absolute atomic E-state index is 1.00. The first-order valence-corrected chi connectivity index (χ1v) is 5.08. The molecule has 0 fully saturated rings. The molecular weight excluding hydrogens is 194 g/mol. The number of aliphatic hydroxyl groups is 1. The van der Waals surface area contributed by atoms with Crippen molar-refractivity contribution in [3.05, 3.63) is 42.5 Å². The lowest BCUT2D eigenvalue weighted by Gasteiger charge is -1.98. The highest BCUT2D eigenvalue weighted by Crippen LogP contribution is 2.19. The van der Waals surface area contributed by atoms with E-state index in [2.05, 4.69) is 24.3 Å². The van der Waals surface area contributed by atoms with E-state index in [1.165, 1.54) is 22.7 Å². The van der Waals surface area contributed by atoms with Crippen molar-refractivity contribution in [2.24, 2.45) is 5.14 Å². The van der Waals surface area contributed by atoms with Gasteiger partial charge in [0.25, 0.3) is 0 Å². The molecule has 2 nitrogen and oxygen atoms in total. The van der Waals surface area contributed by atoms with Crippen LogP contribution in [0, 0.1) is 0 Å². The third-order valence-corrected chi connectivity index (χ3v) is 2.38. The molecule has 0 aliphatic carbocycles. The Balaban J connectivity index is 0.000000461. The summed E-state index contributed by atoms with van der Waals surface area (Å²) in [5.74, 6) is 0. The molecule has 0 spiro atoms. The van der Waals surface area contributed by atoms with Crippen LogP contribution < -0.4 is 5.14 Å². The predicted octanol–water partition coefficient (Wildman–Crippen LogP) is 2.41. The van der Waals surface area contributed by atoms with Crippen molar-refractivity contribution in [1.29, 1.82) is 0 Å². The Morgan fingerprint density at radius 1 is 1.00 bits per heavy atom. The monoisotopic (exact) mass is 207 g/mol. The third kappa shape index (κ3) is 2.48. The molecule has 0 aromatic heterocycles. The van der Waals surface area contributed by atoms with Crippen LogP contribution in [0.1, 0.15) is 0 Å². The standard InChI is InChI=1S/C10H9NS.CH4O/c11-12-10-6-5-8-3-1-2-4-9(8)7-10;1-2/h1-7H,11H2;2H,1H3. The second-order valence-electron chi connectivity index (χ2n) is 2.63. The van der Waals surface area contributed by atoms with E-state index in [1.807, 2.05) is 18.2 Å². The average Bonchev–Trinajstić information content (AvgIpc) is 2.31. The van der Waals surface area contributed by atoms with Crippen molar-refractivity contribution in [2.75, 3.05) is 7.11 Å². The zero-order chi connectivity index (χ0) is 10.4. The lowest BCUT2D eigenvalue weighted by Crippen LogP contribution is -1.79. The van der Waals surface area contributed by atoms with E-state index < -0.39 is 0 Å². The average molecular weight is 207 g/mol. The molecule has 0 unspecified atom stereocenters. The Bertz CT molecular complexity index is 403. The van der Waals surface area contributed by atoms with Crippen molar-refractivity contribution in [1.82, 2.24) is 0 Å². The van der Waals surface area contributed by atoms with E-state index in [0.29, 0.717) is 0 Å². The Labute approximate surface area is 87.9 Å². The molecule has 3 heteroatoms. The second kappa shape index (κ2) is 5.65. The summed E-state index contributed by atoms with van der Waals surface area (Å²) in [7, 11) is 1.00. The first kappa shape index (κ1) is 11.0. The van der Waals surface area contributed by atoms with Gasteiger partial charge in [0.2, 0.25) is 0 Å². The topological polar surface area (TPSA) is 46.2 Å². The third-order valence-electron chi connectivity index (χ3n) is 1.86. The summed E-state index contributed by atoms with van der Waals surface area (Å²) in [5.41, 5.74) is 0. The maximum atomic E-state index is 7.00. The van der Waals surface area contributed by atoms with Crippen LogP contribution in [0.3, 0.4) is 0 Å². The fourth-order valence-electron chi connectivity index (χ4n) is 1.24. The van der Waals surface area contributed by atoms with Crippen LogP contribution in [0.5, 0.6) is 0 Å². The number of hydrogen-bond acceptors (Lipinski definition) is 3. The van der Waals surface area contributed by atoms with Crippen molar-refractivity contribution in [3.63, 3.8) is 0 Å². The van der Waals surface area contributed by atoms with Gasteiger partial charge in [-0.2, -0.15) is 0 Å². The molecule has 2 rings (SSSR count). The summed E-state index contributed by atoms with van der Waals surface area (Å²) in [6.45, 7) is 0. The first-order chi connectivity index (χ1) is 6.90. The number of rotatable bonds is 1. The van der Waals surface area contributed by atoms with Crippen LogP contribution in [-0.4, -0.2) is 12.2 Å². The fraction of sp³-hybridized carbons (Fsp3) is 0.0909. The van der Waals surface area contributed by atoms with Gasteiger partial charge >= 0.3 is 0 Å². The molecule has 0 atom stereocenters. The molecule has 74 valence electrons. The van der Waals surface area contributed by atoms with Crippen LogP contribution in [-0.2, 0) is 0 Å². The molecule has 0 saturated heterocycles. The van der Waals surface area contributed by atoms with Crippen LogP contribution in [0.15, 0.2) is 47.4 Å². The summed E-state index contributed by atoms with van der Waals surface area (Å²) in [4.78, 5) is 1.11. The van der Waals surface area contributed by atoms with Gasteiger partial charge in [-0.1, -0.05) is 30.3 Å². The molecule has 0 radical (unpaired) electrons. The zero-order valence-electron chi connectivity index (χ0n) is 7.97. The van der Waals surface area contributed by atoms with Crippen LogP contribution in [0.25, 0.3) is 10.8 Å². The molecule has 0 amide bonds. The highest BCUT2D eigenvalue weighted by Gasteiger charge is 1.93. The highest BCUT2D eigenvalue weighted by molar-refractivity contribution is 7.97. The lowest BCUT2D eigenvalue weighted by molar-refractivity contribution is 0.399. The van der Waals surface area contributed by atoms with E-state index >= 15 is 0 Å². The van der Waals surface area contributed by atoms with Gasteiger partial charge in [-0.15, -0.1) is 0 Å². The molecule has 0 saturated carbocycles. The SMILES string of the molecule is CO.NSc1ccc2ccccc2c1. The Morgan fingerprint density at radius 2 is 1.64 bits per heavy atom. The Morgan fingerprint density at radius 3 is 2.29 bits per heavy atom. The number of hydrogen-bond donors (Lipinski definition) is 2. The van der Waals surface area contributed by atoms with Crippen molar-refractivity contribution < 1.29 is 5.11 Å². The number of fused-ring (bicyclic) bond motifs is 1. The molecule has 3 N–H and O–H groups in total. The van der Waals surface area contributed by atoms with E-state index in [-0.39, 0.29) is 0 Å². The molecule has 0 heterocycles. The van der Waals surface area contributed by atoms with Crippen LogP contribution in [0.2, 0.25) is 0 Å². The van der Waals surface area contributed by atoms with Gasteiger partial charge in [-0.05, 0) is 34.9 Å². The van der Waals surface area contributed by atoms with Gasteiger partial charge < -0.3 is 5.11 Å². The Kier molecular flexibility index (Phi) is 4.46.